The first kappa shape index (κ1) is 37.4. The molecule has 0 aliphatic carbocycles. The first-order valence-corrected chi connectivity index (χ1v) is 16.5. The van der Waals surface area contributed by atoms with Crippen LogP contribution in [0.15, 0.2) is 0 Å². The Morgan fingerprint density at radius 2 is 0.794 bits per heavy atom. The van der Waals surface area contributed by atoms with Gasteiger partial charge in [-0.15, -0.1) is 26.3 Å². The van der Waals surface area contributed by atoms with E-state index in [9.17, 15) is 43.2 Å². The zero-order chi connectivity index (χ0) is 27.5. The molecule has 0 unspecified atom stereocenters. The summed E-state index contributed by atoms with van der Waals surface area (Å²) in [6.45, 7) is -2.22. The third kappa shape index (κ3) is 20.3. The Morgan fingerprint density at radius 1 is 0.559 bits per heavy atom. The van der Waals surface area contributed by atoms with E-state index in [0.717, 1.165) is 12.5 Å². The molecular formula is C14H22Br4F6O8S2. The van der Waals surface area contributed by atoms with Crippen LogP contribution in [0.2, 0.25) is 0 Å². The number of hydrogen-bond donors (Lipinski definition) is 0. The van der Waals surface area contributed by atoms with Crippen LogP contribution >= 0.6 is 63.7 Å². The molecule has 0 radical (unpaired) electrons. The molecule has 0 fully saturated rings. The van der Waals surface area contributed by atoms with Crippen LogP contribution in [0.4, 0.5) is 26.3 Å². The van der Waals surface area contributed by atoms with Gasteiger partial charge >= 0.3 is 12.7 Å². The van der Waals surface area contributed by atoms with Crippen molar-refractivity contribution in [3.05, 3.63) is 0 Å². The van der Waals surface area contributed by atoms with Crippen LogP contribution in [0.3, 0.4) is 0 Å². The van der Waals surface area contributed by atoms with Gasteiger partial charge in [0.25, 0.3) is 20.2 Å². The third-order valence-electron chi connectivity index (χ3n) is 3.38. The molecule has 0 aromatic rings. The summed E-state index contributed by atoms with van der Waals surface area (Å²) in [6, 6.07) is 0. The molecule has 0 N–H and O–H groups in total. The maximum Gasteiger partial charge on any atom is 0.522 e. The zero-order valence-corrected chi connectivity index (χ0v) is 25.5. The van der Waals surface area contributed by atoms with E-state index in [-0.39, 0.29) is 23.9 Å². The Balaban J connectivity index is 0. The van der Waals surface area contributed by atoms with Crippen LogP contribution in [0, 0.1) is 10.8 Å². The molecule has 8 nitrogen and oxygen atoms in total. The second kappa shape index (κ2) is 15.6. The van der Waals surface area contributed by atoms with E-state index >= 15 is 0 Å². The molecule has 0 heterocycles. The van der Waals surface area contributed by atoms with Gasteiger partial charge in [-0.05, 0) is 0 Å². The Bertz CT molecular complexity index is 727. The fourth-order valence-electron chi connectivity index (χ4n) is 1.40. The molecule has 34 heavy (non-hydrogen) atoms. The minimum Gasteiger partial charge on any atom is -0.291 e. The lowest BCUT2D eigenvalue weighted by Gasteiger charge is -2.29. The molecule has 0 amide bonds. The predicted octanol–water partition coefficient (Wildman–Crippen LogP) is 4.55. The Morgan fingerprint density at radius 3 is 0.971 bits per heavy atom. The zero-order valence-electron chi connectivity index (χ0n) is 17.5. The average Bonchev–Trinajstić information content (AvgIpc) is 2.67. The third-order valence-corrected chi connectivity index (χ3v) is 9.23. The second-order valence-electron chi connectivity index (χ2n) is 6.94. The summed E-state index contributed by atoms with van der Waals surface area (Å²) < 4.78 is 131. The molecule has 0 saturated heterocycles. The van der Waals surface area contributed by atoms with Crippen LogP contribution in [0.25, 0.3) is 0 Å². The van der Waals surface area contributed by atoms with Gasteiger partial charge in [0.1, 0.15) is 0 Å². The maximum atomic E-state index is 11.8. The lowest BCUT2D eigenvalue weighted by Crippen LogP contribution is -2.39. The average molecular weight is 816 g/mol. The lowest BCUT2D eigenvalue weighted by atomic mass is 9.96. The highest BCUT2D eigenvalue weighted by Crippen LogP contribution is 2.31. The van der Waals surface area contributed by atoms with E-state index in [2.05, 4.69) is 81.6 Å². The molecule has 0 rings (SSSR count). The summed E-state index contributed by atoms with van der Waals surface area (Å²) in [4.78, 5) is 0. The number of halogens is 10. The molecule has 0 aliphatic heterocycles. The van der Waals surface area contributed by atoms with Gasteiger partial charge < -0.3 is 0 Å². The molecule has 0 bridgehead atoms. The van der Waals surface area contributed by atoms with E-state index in [0.29, 0.717) is 10.7 Å². The van der Waals surface area contributed by atoms with Crippen LogP contribution < -0.4 is 0 Å². The fraction of sp³-hybridized carbons (Fsp3) is 1.00. The highest BCUT2D eigenvalue weighted by atomic mass is 79.9. The van der Waals surface area contributed by atoms with Crippen LogP contribution in [0.5, 0.6) is 0 Å². The van der Waals surface area contributed by atoms with E-state index in [1.165, 1.54) is 0 Å². The van der Waals surface area contributed by atoms with Gasteiger partial charge in [0.2, 0.25) is 0 Å². The number of hydrogen-bond acceptors (Lipinski definition) is 8. The SMILES string of the molecule is CS(=O)(=O)OCC(CBr)(CBr)COS(C)(=O)=O.FC(F)(F)OCC(CBr)(CBr)COC(F)(F)F. The second-order valence-corrected chi connectivity index (χ2v) is 12.5. The lowest BCUT2D eigenvalue weighted by molar-refractivity contribution is -0.349. The van der Waals surface area contributed by atoms with Crippen molar-refractivity contribution in [1.82, 2.24) is 0 Å². The van der Waals surface area contributed by atoms with Gasteiger partial charge in [-0.25, -0.2) is 0 Å². The van der Waals surface area contributed by atoms with Crippen molar-refractivity contribution in [2.24, 2.45) is 10.8 Å². The van der Waals surface area contributed by atoms with Crippen LogP contribution in [-0.2, 0) is 38.1 Å². The van der Waals surface area contributed by atoms with Crippen molar-refractivity contribution in [2.75, 3.05) is 60.3 Å². The maximum absolute atomic E-state index is 11.8. The smallest absolute Gasteiger partial charge is 0.291 e. The summed E-state index contributed by atoms with van der Waals surface area (Å²) >= 11 is 12.1. The predicted molar refractivity (Wildman–Crippen MR) is 126 cm³/mol. The van der Waals surface area contributed by atoms with E-state index in [1.54, 1.807) is 0 Å². The highest BCUT2D eigenvalue weighted by Gasteiger charge is 2.40. The minimum atomic E-state index is -4.90. The summed E-state index contributed by atoms with van der Waals surface area (Å²) in [5.74, 6) is 0. The van der Waals surface area contributed by atoms with Crippen LogP contribution in [-0.4, -0.2) is 89.8 Å². The molecule has 20 heteroatoms. The van der Waals surface area contributed by atoms with Gasteiger partial charge in [-0.1, -0.05) is 63.7 Å². The number of alkyl halides is 10. The molecule has 0 saturated carbocycles. The minimum absolute atomic E-state index is 0.141. The van der Waals surface area contributed by atoms with E-state index in [1.807, 2.05) is 0 Å². The molecule has 0 aromatic carbocycles. The fourth-order valence-corrected chi connectivity index (χ4v) is 5.48. The number of rotatable bonds is 14. The number of ether oxygens (including phenoxy) is 2. The summed E-state index contributed by atoms with van der Waals surface area (Å²) in [7, 11) is -7.16. The van der Waals surface area contributed by atoms with Crippen molar-refractivity contribution in [2.45, 2.75) is 12.7 Å². The molecule has 0 aromatic heterocycles. The molecule has 208 valence electrons. The largest absolute Gasteiger partial charge is 0.522 e. The molecular weight excluding hydrogens is 794 g/mol. The van der Waals surface area contributed by atoms with Crippen molar-refractivity contribution in [3.63, 3.8) is 0 Å². The molecule has 0 aliphatic rings. The summed E-state index contributed by atoms with van der Waals surface area (Å²) in [5.41, 5.74) is -2.23. The normalized spacial score (nSPS) is 14.0. The van der Waals surface area contributed by atoms with Gasteiger partial charge in [-0.3, -0.25) is 17.8 Å². The standard InChI is InChI=1S/C7H8Br2F6O2.C7H14Br2O6S2/c8-1-5(2-9,3-16-6(10,11)12)4-17-7(13,14)15;1-16(10,11)14-5-7(3-8,4-9)6-15-17(2,12)13/h1-4H2;3-6H2,1-2H3. The van der Waals surface area contributed by atoms with Crippen molar-refractivity contribution in [3.8, 4) is 0 Å². The van der Waals surface area contributed by atoms with Gasteiger partial charge in [0.05, 0.1) is 38.9 Å². The van der Waals surface area contributed by atoms with Crippen molar-refractivity contribution < 1.29 is 61.0 Å². The van der Waals surface area contributed by atoms with E-state index in [4.69, 9.17) is 0 Å². The topological polar surface area (TPSA) is 105 Å². The van der Waals surface area contributed by atoms with Gasteiger partial charge in [0.15, 0.2) is 0 Å². The molecule has 0 atom stereocenters. The summed E-state index contributed by atoms with van der Waals surface area (Å²) in [6.07, 6.45) is -7.93. The van der Waals surface area contributed by atoms with Crippen molar-refractivity contribution >= 4 is 84.0 Å². The summed E-state index contributed by atoms with van der Waals surface area (Å²) in [5, 5.41) is 0.376. The first-order valence-electron chi connectivity index (χ1n) is 8.41. The Labute approximate surface area is 227 Å². The quantitative estimate of drug-likeness (QED) is 0.143. The Hall–Kier alpha value is 1.24. The molecule has 0 spiro atoms. The van der Waals surface area contributed by atoms with Crippen molar-refractivity contribution in [1.29, 1.82) is 0 Å². The van der Waals surface area contributed by atoms with E-state index < -0.39 is 57.0 Å². The monoisotopic (exact) mass is 812 g/mol. The van der Waals surface area contributed by atoms with Crippen LogP contribution in [0.1, 0.15) is 0 Å². The first-order chi connectivity index (χ1) is 15.1. The van der Waals surface area contributed by atoms with Gasteiger partial charge in [-0.2, -0.15) is 16.8 Å². The highest BCUT2D eigenvalue weighted by molar-refractivity contribution is 9.10. The van der Waals surface area contributed by atoms with Gasteiger partial charge in [0, 0.05) is 32.2 Å². The Kier molecular flexibility index (Phi) is 17.2.